The maximum absolute atomic E-state index is 5.72. The number of nitrogen functional groups attached to an aromatic ring is 1. The number of hydrazone groups is 1. The van der Waals surface area contributed by atoms with Crippen LogP contribution in [0.3, 0.4) is 0 Å². The van der Waals surface area contributed by atoms with Crippen molar-refractivity contribution in [2.24, 2.45) is 12.1 Å². The summed E-state index contributed by atoms with van der Waals surface area (Å²) in [5.41, 5.74) is 11.6. The summed E-state index contributed by atoms with van der Waals surface area (Å²) < 4.78 is 2.06. The van der Waals surface area contributed by atoms with Gasteiger partial charge in [0.2, 0.25) is 5.69 Å². The molecule has 0 radical (unpaired) electrons. The Morgan fingerprint density at radius 1 is 0.962 bits per heavy atom. The highest BCUT2D eigenvalue weighted by molar-refractivity contribution is 5.96. The van der Waals surface area contributed by atoms with Gasteiger partial charge in [0.1, 0.15) is 12.8 Å². The highest BCUT2D eigenvalue weighted by Crippen LogP contribution is 2.21. The van der Waals surface area contributed by atoms with Gasteiger partial charge in [0.25, 0.3) is 0 Å². The summed E-state index contributed by atoms with van der Waals surface area (Å²) in [6.45, 7) is 2.02. The van der Waals surface area contributed by atoms with Crippen molar-refractivity contribution < 1.29 is 4.57 Å². The smallest absolute Gasteiger partial charge is 0.228 e. The predicted molar refractivity (Wildman–Crippen MR) is 109 cm³/mol. The number of aromatic nitrogens is 1. The highest BCUT2D eigenvalue weighted by Gasteiger charge is 2.10. The van der Waals surface area contributed by atoms with Crippen LogP contribution >= 0.6 is 0 Å². The molecule has 1 heterocycles. The zero-order chi connectivity index (χ0) is 18.5. The Bertz CT molecular complexity index is 898. The van der Waals surface area contributed by atoms with Gasteiger partial charge in [-0.25, -0.2) is 0 Å². The molecule has 0 fully saturated rings. The van der Waals surface area contributed by atoms with Gasteiger partial charge >= 0.3 is 0 Å². The van der Waals surface area contributed by atoms with Crippen LogP contribution in [0, 0.1) is 0 Å². The Morgan fingerprint density at radius 2 is 1.58 bits per heavy atom. The zero-order valence-electron chi connectivity index (χ0n) is 15.3. The van der Waals surface area contributed by atoms with Crippen molar-refractivity contribution in [1.29, 1.82) is 0 Å². The molecule has 3 aromatic rings. The normalized spacial score (nSPS) is 11.3. The zero-order valence-corrected chi connectivity index (χ0v) is 15.3. The van der Waals surface area contributed by atoms with Gasteiger partial charge in [0.15, 0.2) is 6.20 Å². The third-order valence-corrected chi connectivity index (χ3v) is 4.17. The average molecular weight is 346 g/mol. The first-order valence-corrected chi connectivity index (χ1v) is 8.49. The Labute approximate surface area is 154 Å². The summed E-state index contributed by atoms with van der Waals surface area (Å²) >= 11 is 0. The molecule has 0 aliphatic carbocycles. The lowest BCUT2D eigenvalue weighted by Crippen LogP contribution is -2.35. The van der Waals surface area contributed by atoms with Gasteiger partial charge in [0, 0.05) is 36.2 Å². The summed E-state index contributed by atoms with van der Waals surface area (Å²) in [6, 6.07) is 21.9. The van der Waals surface area contributed by atoms with Crippen LogP contribution in [0.4, 0.5) is 22.7 Å². The third-order valence-electron chi connectivity index (χ3n) is 4.17. The molecular formula is C21H24N5+. The number of anilines is 4. The molecular weight excluding hydrogens is 322 g/mol. The molecule has 0 atom stereocenters. The lowest BCUT2D eigenvalue weighted by molar-refractivity contribution is -0.672. The highest BCUT2D eigenvalue weighted by atomic mass is 15.4. The second-order valence-electron chi connectivity index (χ2n) is 6.20. The molecule has 1 aromatic heterocycles. The Kier molecular flexibility index (Phi) is 5.17. The minimum atomic E-state index is 0.757. The number of pyridine rings is 1. The number of nitrogens with one attached hydrogen (secondary N) is 1. The fraction of sp³-hybridized carbons (Fsp3) is 0.143. The number of benzene rings is 2. The summed E-state index contributed by atoms with van der Waals surface area (Å²) in [5.74, 6) is 0. The van der Waals surface area contributed by atoms with Crippen LogP contribution in [0.1, 0.15) is 12.6 Å². The van der Waals surface area contributed by atoms with Crippen LogP contribution < -0.4 is 20.6 Å². The van der Waals surface area contributed by atoms with Crippen LogP contribution in [0.5, 0.6) is 0 Å². The molecule has 26 heavy (non-hydrogen) atoms. The van der Waals surface area contributed by atoms with Crippen molar-refractivity contribution in [2.45, 2.75) is 6.92 Å². The van der Waals surface area contributed by atoms with Gasteiger partial charge in [-0.1, -0.05) is 0 Å². The molecule has 3 rings (SSSR count). The van der Waals surface area contributed by atoms with Gasteiger partial charge in [0.05, 0.1) is 5.69 Å². The number of aryl methyl sites for hydroxylation is 1. The quantitative estimate of drug-likeness (QED) is 0.321. The number of hydrogen-bond acceptors (Lipinski definition) is 4. The van der Waals surface area contributed by atoms with Crippen LogP contribution in [-0.2, 0) is 7.05 Å². The lowest BCUT2D eigenvalue weighted by Gasteiger charge is -2.15. The van der Waals surface area contributed by atoms with E-state index in [4.69, 9.17) is 10.8 Å². The summed E-state index contributed by atoms with van der Waals surface area (Å²) in [7, 11) is 3.97. The van der Waals surface area contributed by atoms with E-state index in [-0.39, 0.29) is 0 Å². The van der Waals surface area contributed by atoms with Crippen molar-refractivity contribution in [3.8, 4) is 0 Å². The van der Waals surface area contributed by atoms with Crippen molar-refractivity contribution in [1.82, 2.24) is 0 Å². The van der Waals surface area contributed by atoms with E-state index in [0.29, 0.717) is 0 Å². The SMILES string of the molecule is C/C(=N\N(C)c1ccc(Nc2ccc(N)cc2)cc1)c1cccc[n+]1C. The molecule has 2 aromatic carbocycles. The van der Waals surface area contributed by atoms with Crippen molar-refractivity contribution in [2.75, 3.05) is 23.1 Å². The second-order valence-corrected chi connectivity index (χ2v) is 6.20. The van der Waals surface area contributed by atoms with Gasteiger partial charge in [-0.3, -0.25) is 5.01 Å². The minimum Gasteiger partial charge on any atom is -0.399 e. The van der Waals surface area contributed by atoms with Crippen LogP contribution in [-0.4, -0.2) is 12.8 Å². The molecule has 5 heteroatoms. The molecule has 5 nitrogen and oxygen atoms in total. The standard InChI is InChI=1S/C21H23N5/c1-16(21-6-4-5-15-25(21)2)24-26(3)20-13-11-19(12-14-20)23-18-9-7-17(22)8-10-18/h4-15,22,24H,1-3H3/p+1. The van der Waals surface area contributed by atoms with Crippen LogP contribution in [0.15, 0.2) is 78.0 Å². The predicted octanol–water partition coefficient (Wildman–Crippen LogP) is 3.70. The minimum absolute atomic E-state index is 0.757. The van der Waals surface area contributed by atoms with E-state index >= 15 is 0 Å². The van der Waals surface area contributed by atoms with Crippen LogP contribution in [0.2, 0.25) is 0 Å². The third kappa shape index (κ3) is 4.19. The average Bonchev–Trinajstić information content (AvgIpc) is 2.64. The Morgan fingerprint density at radius 3 is 2.19 bits per heavy atom. The summed E-state index contributed by atoms with van der Waals surface area (Å²) in [6.07, 6.45) is 2.02. The fourth-order valence-electron chi connectivity index (χ4n) is 2.73. The number of rotatable bonds is 5. The van der Waals surface area contributed by atoms with E-state index in [1.807, 2.05) is 92.9 Å². The number of nitrogens with zero attached hydrogens (tertiary/aromatic N) is 3. The molecule has 132 valence electrons. The van der Waals surface area contributed by atoms with E-state index in [2.05, 4.69) is 16.0 Å². The summed E-state index contributed by atoms with van der Waals surface area (Å²) in [4.78, 5) is 0. The molecule has 3 N–H and O–H groups in total. The van der Waals surface area contributed by atoms with Crippen molar-refractivity contribution >= 4 is 28.5 Å². The van der Waals surface area contributed by atoms with E-state index in [1.165, 1.54) is 0 Å². The maximum atomic E-state index is 5.72. The second kappa shape index (κ2) is 7.70. The van der Waals surface area contributed by atoms with E-state index in [9.17, 15) is 0 Å². The Balaban J connectivity index is 1.72. The monoisotopic (exact) mass is 346 g/mol. The molecule has 0 aliphatic heterocycles. The lowest BCUT2D eigenvalue weighted by atomic mass is 10.2. The summed E-state index contributed by atoms with van der Waals surface area (Å²) in [5, 5.41) is 9.94. The van der Waals surface area contributed by atoms with Gasteiger partial charge < -0.3 is 11.1 Å². The van der Waals surface area contributed by atoms with Crippen molar-refractivity contribution in [3.63, 3.8) is 0 Å². The topological polar surface area (TPSA) is 57.5 Å². The number of hydrogen-bond donors (Lipinski definition) is 2. The van der Waals surface area contributed by atoms with Gasteiger partial charge in [-0.05, 0) is 61.5 Å². The molecule has 0 spiro atoms. The molecule has 0 saturated heterocycles. The largest absolute Gasteiger partial charge is 0.399 e. The van der Waals surface area contributed by atoms with E-state index in [1.54, 1.807) is 0 Å². The Hall–Kier alpha value is -3.34. The first-order chi connectivity index (χ1) is 12.5. The van der Waals surface area contributed by atoms with Crippen molar-refractivity contribution in [3.05, 3.63) is 78.6 Å². The first-order valence-electron chi connectivity index (χ1n) is 8.49. The molecule has 0 saturated carbocycles. The van der Waals surface area contributed by atoms with Gasteiger partial charge in [-0.15, -0.1) is 0 Å². The molecule has 0 unspecified atom stereocenters. The first kappa shape index (κ1) is 17.5. The molecule has 0 bridgehead atoms. The number of nitrogens with two attached hydrogens (primary N) is 1. The molecule has 0 amide bonds. The van der Waals surface area contributed by atoms with E-state index < -0.39 is 0 Å². The maximum Gasteiger partial charge on any atom is 0.228 e. The molecule has 0 aliphatic rings. The van der Waals surface area contributed by atoms with Crippen LogP contribution in [0.25, 0.3) is 0 Å². The fourth-order valence-corrected chi connectivity index (χ4v) is 2.73. The van der Waals surface area contributed by atoms with Gasteiger partial charge in [-0.2, -0.15) is 9.67 Å². The van der Waals surface area contributed by atoms with E-state index in [0.717, 1.165) is 34.2 Å².